The fourth-order valence-electron chi connectivity index (χ4n) is 4.35. The fourth-order valence-corrected chi connectivity index (χ4v) is 4.35. The molecule has 1 aliphatic rings. The van der Waals surface area contributed by atoms with Crippen LogP contribution in [0.1, 0.15) is 54.6 Å². The molecule has 4 aromatic rings. The van der Waals surface area contributed by atoms with Crippen molar-refractivity contribution in [2.45, 2.75) is 57.2 Å². The standard InChI is InChI=1S/C28H27F5N6O2/c1-4-27(29,30)11-19-12-34-23(21-22(17-9-10-17)35-15-36-26(21)40-3)38-25(19)41-14-16-5-7-18(8-6-16)24-37-20(13-39(24)2)28(31,32)33/h5-8,12-13,15,17H,4,9-11,14H2,1-3H3. The lowest BCUT2D eigenvalue weighted by Gasteiger charge is -2.18. The van der Waals surface area contributed by atoms with Gasteiger partial charge in [-0.15, -0.1) is 0 Å². The average Bonchev–Trinajstić information content (AvgIpc) is 3.72. The summed E-state index contributed by atoms with van der Waals surface area (Å²) in [5, 5.41) is 0. The summed E-state index contributed by atoms with van der Waals surface area (Å²) in [5.41, 5.74) is 1.49. The number of hydrogen-bond donors (Lipinski definition) is 0. The largest absolute Gasteiger partial charge is 0.480 e. The van der Waals surface area contributed by atoms with Gasteiger partial charge < -0.3 is 14.0 Å². The third kappa shape index (κ3) is 6.28. The number of nitrogens with zero attached hydrogens (tertiary/aromatic N) is 6. The summed E-state index contributed by atoms with van der Waals surface area (Å²) in [6.45, 7) is 1.36. The molecule has 5 rings (SSSR count). The van der Waals surface area contributed by atoms with E-state index in [0.29, 0.717) is 16.7 Å². The summed E-state index contributed by atoms with van der Waals surface area (Å²) >= 11 is 0. The highest BCUT2D eigenvalue weighted by atomic mass is 19.4. The van der Waals surface area contributed by atoms with E-state index in [-0.39, 0.29) is 47.9 Å². The summed E-state index contributed by atoms with van der Waals surface area (Å²) in [6, 6.07) is 6.57. The van der Waals surface area contributed by atoms with Crippen LogP contribution >= 0.6 is 0 Å². The number of aryl methyl sites for hydroxylation is 1. The van der Waals surface area contributed by atoms with Gasteiger partial charge >= 0.3 is 6.18 Å². The zero-order valence-corrected chi connectivity index (χ0v) is 22.5. The van der Waals surface area contributed by atoms with Crippen LogP contribution in [0.3, 0.4) is 0 Å². The first-order valence-corrected chi connectivity index (χ1v) is 12.9. The maximum atomic E-state index is 14.4. The number of aromatic nitrogens is 6. The molecule has 13 heteroatoms. The Labute approximate surface area is 232 Å². The predicted molar refractivity (Wildman–Crippen MR) is 139 cm³/mol. The minimum absolute atomic E-state index is 0.0150. The van der Waals surface area contributed by atoms with Crippen molar-refractivity contribution >= 4 is 0 Å². The zero-order chi connectivity index (χ0) is 29.4. The number of ether oxygens (including phenoxy) is 2. The third-order valence-electron chi connectivity index (χ3n) is 6.77. The summed E-state index contributed by atoms with van der Waals surface area (Å²) in [7, 11) is 2.95. The van der Waals surface area contributed by atoms with Crippen LogP contribution in [0.2, 0.25) is 0 Å². The highest BCUT2D eigenvalue weighted by Crippen LogP contribution is 2.45. The number of methoxy groups -OCH3 is 1. The molecule has 1 saturated carbocycles. The summed E-state index contributed by atoms with van der Waals surface area (Å²) in [4.78, 5) is 21.1. The van der Waals surface area contributed by atoms with Gasteiger partial charge in [-0.25, -0.2) is 28.7 Å². The molecule has 0 amide bonds. The monoisotopic (exact) mass is 574 g/mol. The molecular formula is C28H27F5N6O2. The molecular weight excluding hydrogens is 547 g/mol. The van der Waals surface area contributed by atoms with E-state index < -0.39 is 24.2 Å². The second-order valence-corrected chi connectivity index (χ2v) is 9.87. The normalized spacial score (nSPS) is 13.9. The van der Waals surface area contributed by atoms with Gasteiger partial charge in [0, 0.05) is 49.3 Å². The Bertz CT molecular complexity index is 1530. The highest BCUT2D eigenvalue weighted by molar-refractivity contribution is 5.66. The van der Waals surface area contributed by atoms with Crippen LogP contribution in [0.5, 0.6) is 11.8 Å². The molecule has 0 aliphatic heterocycles. The minimum atomic E-state index is -4.55. The van der Waals surface area contributed by atoms with Crippen molar-refractivity contribution < 1.29 is 31.4 Å². The van der Waals surface area contributed by atoms with Crippen LogP contribution < -0.4 is 9.47 Å². The van der Waals surface area contributed by atoms with Gasteiger partial charge in [-0.2, -0.15) is 18.2 Å². The maximum Gasteiger partial charge on any atom is 0.434 e. The maximum absolute atomic E-state index is 14.4. The molecule has 1 aliphatic carbocycles. The van der Waals surface area contributed by atoms with E-state index in [0.717, 1.165) is 24.7 Å². The van der Waals surface area contributed by atoms with Gasteiger partial charge in [0.05, 0.1) is 12.8 Å². The molecule has 41 heavy (non-hydrogen) atoms. The molecule has 8 nitrogen and oxygen atoms in total. The molecule has 0 bridgehead atoms. The quantitative estimate of drug-likeness (QED) is 0.202. The van der Waals surface area contributed by atoms with E-state index in [4.69, 9.17) is 9.47 Å². The molecule has 0 saturated heterocycles. The first-order chi connectivity index (χ1) is 19.5. The molecule has 3 aromatic heterocycles. The van der Waals surface area contributed by atoms with Gasteiger partial charge in [-0.05, 0) is 18.4 Å². The van der Waals surface area contributed by atoms with E-state index in [1.807, 2.05) is 0 Å². The van der Waals surface area contributed by atoms with Crippen molar-refractivity contribution in [3.63, 3.8) is 0 Å². The molecule has 0 atom stereocenters. The number of hydrogen-bond acceptors (Lipinski definition) is 7. The Hall–Kier alpha value is -4.16. The predicted octanol–water partition coefficient (Wildman–Crippen LogP) is 6.41. The Morgan fingerprint density at radius 1 is 0.976 bits per heavy atom. The number of benzene rings is 1. The molecule has 216 valence electrons. The Morgan fingerprint density at radius 3 is 2.32 bits per heavy atom. The fraction of sp³-hybridized carbons (Fsp3) is 0.393. The topological polar surface area (TPSA) is 87.8 Å². The van der Waals surface area contributed by atoms with Gasteiger partial charge in [0.2, 0.25) is 11.8 Å². The van der Waals surface area contributed by atoms with E-state index in [1.165, 1.54) is 38.2 Å². The molecule has 0 N–H and O–H groups in total. The van der Waals surface area contributed by atoms with Crippen molar-refractivity contribution in [2.75, 3.05) is 7.11 Å². The Balaban J connectivity index is 1.43. The molecule has 1 fully saturated rings. The lowest BCUT2D eigenvalue weighted by Crippen LogP contribution is -2.19. The van der Waals surface area contributed by atoms with Crippen LogP contribution in [0.25, 0.3) is 22.8 Å². The minimum Gasteiger partial charge on any atom is -0.480 e. The number of imidazole rings is 1. The van der Waals surface area contributed by atoms with Crippen molar-refractivity contribution in [1.29, 1.82) is 0 Å². The van der Waals surface area contributed by atoms with Gasteiger partial charge in [-0.3, -0.25) is 0 Å². The van der Waals surface area contributed by atoms with E-state index in [9.17, 15) is 22.0 Å². The Morgan fingerprint density at radius 2 is 1.71 bits per heavy atom. The van der Waals surface area contributed by atoms with Crippen LogP contribution in [-0.2, 0) is 26.3 Å². The smallest absolute Gasteiger partial charge is 0.434 e. The van der Waals surface area contributed by atoms with Crippen LogP contribution in [0.15, 0.2) is 43.0 Å². The van der Waals surface area contributed by atoms with Crippen LogP contribution in [0, 0.1) is 0 Å². The first kappa shape index (κ1) is 28.4. The second kappa shape index (κ2) is 11.0. The van der Waals surface area contributed by atoms with Gasteiger partial charge in [-0.1, -0.05) is 31.2 Å². The molecule has 0 unspecified atom stereocenters. The molecule has 0 spiro atoms. The average molecular weight is 575 g/mol. The lowest BCUT2D eigenvalue weighted by molar-refractivity contribution is -0.140. The van der Waals surface area contributed by atoms with E-state index >= 15 is 0 Å². The zero-order valence-electron chi connectivity index (χ0n) is 22.5. The van der Waals surface area contributed by atoms with Crippen LogP contribution in [-0.4, -0.2) is 42.5 Å². The highest BCUT2D eigenvalue weighted by Gasteiger charge is 2.35. The van der Waals surface area contributed by atoms with Crippen molar-refractivity contribution in [1.82, 2.24) is 29.5 Å². The van der Waals surface area contributed by atoms with Crippen LogP contribution in [0.4, 0.5) is 22.0 Å². The van der Waals surface area contributed by atoms with Crippen molar-refractivity contribution in [2.24, 2.45) is 7.05 Å². The summed E-state index contributed by atoms with van der Waals surface area (Å²) < 4.78 is 80.6. The van der Waals surface area contributed by atoms with Gasteiger partial charge in [0.15, 0.2) is 11.5 Å². The second-order valence-electron chi connectivity index (χ2n) is 9.87. The molecule has 0 radical (unpaired) electrons. The first-order valence-electron chi connectivity index (χ1n) is 12.9. The number of alkyl halides is 5. The van der Waals surface area contributed by atoms with E-state index in [2.05, 4.69) is 24.9 Å². The van der Waals surface area contributed by atoms with Gasteiger partial charge in [0.1, 0.15) is 24.3 Å². The third-order valence-corrected chi connectivity index (χ3v) is 6.77. The number of rotatable bonds is 10. The Kier molecular flexibility index (Phi) is 7.62. The van der Waals surface area contributed by atoms with Crippen molar-refractivity contribution in [3.05, 3.63) is 65.5 Å². The SMILES string of the molecule is CCC(F)(F)Cc1cnc(-c2c(OC)ncnc2C2CC2)nc1OCc1ccc(-c2nc(C(F)(F)F)cn2C)cc1. The van der Waals surface area contributed by atoms with Crippen molar-refractivity contribution in [3.8, 4) is 34.5 Å². The summed E-state index contributed by atoms with van der Waals surface area (Å²) in [5.74, 6) is -2.16. The van der Waals surface area contributed by atoms with E-state index in [1.54, 1.807) is 24.3 Å². The van der Waals surface area contributed by atoms with Gasteiger partial charge in [0.25, 0.3) is 5.92 Å². The molecule has 1 aromatic carbocycles. The molecule has 3 heterocycles. The summed E-state index contributed by atoms with van der Waals surface area (Å²) in [6.07, 6.45) is 0.0126. The number of halogens is 5. The lowest BCUT2D eigenvalue weighted by atomic mass is 10.1.